The Morgan fingerprint density at radius 3 is 2.22 bits per heavy atom. The second-order valence-corrected chi connectivity index (χ2v) is 7.27. The topological polar surface area (TPSA) is 41.6 Å². The van der Waals surface area contributed by atoms with Gasteiger partial charge >= 0.3 is 0 Å². The monoisotopic (exact) mass is 373 g/mol. The van der Waals surface area contributed by atoms with Crippen LogP contribution in [0.3, 0.4) is 0 Å². The zero-order valence-electron chi connectivity index (χ0n) is 15.5. The van der Waals surface area contributed by atoms with Gasteiger partial charge in [-0.05, 0) is 56.2 Å². The Hall–Kier alpha value is -2.91. The van der Waals surface area contributed by atoms with Crippen molar-refractivity contribution < 1.29 is 0 Å². The van der Waals surface area contributed by atoms with E-state index in [2.05, 4.69) is 42.9 Å². The van der Waals surface area contributed by atoms with Crippen molar-refractivity contribution in [2.75, 3.05) is 0 Å². The van der Waals surface area contributed by atoms with Crippen molar-refractivity contribution in [2.24, 2.45) is 0 Å². The van der Waals surface area contributed by atoms with E-state index in [0.717, 1.165) is 33.9 Å². The predicted molar refractivity (Wildman–Crippen MR) is 112 cm³/mol. The number of hydrogen-bond acceptors (Lipinski definition) is 2. The molecule has 4 heteroatoms. The van der Waals surface area contributed by atoms with Crippen molar-refractivity contribution in [3.8, 4) is 33.9 Å². The molecule has 0 aliphatic heterocycles. The van der Waals surface area contributed by atoms with Gasteiger partial charge in [0.25, 0.3) is 0 Å². The molecule has 0 atom stereocenters. The van der Waals surface area contributed by atoms with Gasteiger partial charge in [-0.25, -0.2) is 4.98 Å². The van der Waals surface area contributed by atoms with E-state index in [4.69, 9.17) is 16.6 Å². The highest BCUT2D eigenvalue weighted by Gasteiger charge is 2.18. The van der Waals surface area contributed by atoms with Crippen molar-refractivity contribution in [1.82, 2.24) is 15.0 Å². The average molecular weight is 374 g/mol. The van der Waals surface area contributed by atoms with Gasteiger partial charge in [0.1, 0.15) is 5.82 Å². The van der Waals surface area contributed by atoms with E-state index in [0.29, 0.717) is 5.02 Å². The summed E-state index contributed by atoms with van der Waals surface area (Å²) in [6.45, 7) is 6.37. The third-order valence-electron chi connectivity index (χ3n) is 4.69. The molecule has 0 unspecified atom stereocenters. The lowest BCUT2D eigenvalue weighted by atomic mass is 9.99. The maximum absolute atomic E-state index is 6.08. The van der Waals surface area contributed by atoms with Crippen LogP contribution < -0.4 is 0 Å². The number of halogens is 1. The lowest BCUT2D eigenvalue weighted by Gasteiger charge is -2.08. The highest BCUT2D eigenvalue weighted by atomic mass is 35.5. The van der Waals surface area contributed by atoms with Gasteiger partial charge in [-0.15, -0.1) is 0 Å². The van der Waals surface area contributed by atoms with Gasteiger partial charge in [0, 0.05) is 34.1 Å². The molecule has 3 nitrogen and oxygen atoms in total. The first-order valence-corrected chi connectivity index (χ1v) is 9.25. The minimum atomic E-state index is 0.714. The van der Waals surface area contributed by atoms with E-state index < -0.39 is 0 Å². The summed E-state index contributed by atoms with van der Waals surface area (Å²) in [6.07, 6.45) is 3.61. The summed E-state index contributed by atoms with van der Waals surface area (Å²) >= 11 is 6.08. The predicted octanol–water partition coefficient (Wildman–Crippen LogP) is 6.38. The highest BCUT2D eigenvalue weighted by Crippen LogP contribution is 2.35. The molecular formula is C23H20ClN3. The van der Waals surface area contributed by atoms with Crippen LogP contribution in [0.4, 0.5) is 0 Å². The van der Waals surface area contributed by atoms with E-state index >= 15 is 0 Å². The molecule has 0 fully saturated rings. The van der Waals surface area contributed by atoms with Crippen LogP contribution in [0.25, 0.3) is 33.9 Å². The fourth-order valence-corrected chi connectivity index (χ4v) is 3.71. The summed E-state index contributed by atoms with van der Waals surface area (Å²) in [5, 5.41) is 0.714. The molecule has 0 radical (unpaired) electrons. The fraction of sp³-hybridized carbons (Fsp3) is 0.130. The molecular weight excluding hydrogens is 354 g/mol. The second kappa shape index (κ2) is 7.01. The quantitative estimate of drug-likeness (QED) is 0.452. The van der Waals surface area contributed by atoms with Crippen LogP contribution in [-0.2, 0) is 0 Å². The summed E-state index contributed by atoms with van der Waals surface area (Å²) < 4.78 is 0. The first-order chi connectivity index (χ1) is 13.0. The van der Waals surface area contributed by atoms with Crippen molar-refractivity contribution in [3.63, 3.8) is 0 Å². The Bertz CT molecular complexity index is 1070. The standard InChI is InChI=1S/C23H20ClN3/c1-14-11-15(2)20(16(3)12-14)23-26-21(17-6-8-19(24)9-7-17)22(27-23)18-5-4-10-25-13-18/h4-13H,1-3H3,(H,26,27). The van der Waals surface area contributed by atoms with Gasteiger partial charge in [0.15, 0.2) is 0 Å². The number of H-pyrrole nitrogens is 1. The smallest absolute Gasteiger partial charge is 0.139 e. The number of benzene rings is 2. The molecule has 2 heterocycles. The Balaban J connectivity index is 1.95. The van der Waals surface area contributed by atoms with Crippen molar-refractivity contribution in [2.45, 2.75) is 20.8 Å². The van der Waals surface area contributed by atoms with E-state index in [9.17, 15) is 0 Å². The molecule has 27 heavy (non-hydrogen) atoms. The normalized spacial score (nSPS) is 11.0. The van der Waals surface area contributed by atoms with Gasteiger partial charge in [0.05, 0.1) is 11.4 Å². The first-order valence-electron chi connectivity index (χ1n) is 8.87. The summed E-state index contributed by atoms with van der Waals surface area (Å²) in [6, 6.07) is 16.1. The molecule has 4 aromatic rings. The van der Waals surface area contributed by atoms with Gasteiger partial charge < -0.3 is 4.98 Å². The number of nitrogens with zero attached hydrogens (tertiary/aromatic N) is 2. The molecule has 0 aliphatic rings. The minimum absolute atomic E-state index is 0.714. The van der Waals surface area contributed by atoms with Crippen molar-refractivity contribution in [1.29, 1.82) is 0 Å². The van der Waals surface area contributed by atoms with Gasteiger partial charge in [-0.1, -0.05) is 41.4 Å². The molecule has 0 saturated heterocycles. The lowest BCUT2D eigenvalue weighted by molar-refractivity contribution is 1.24. The third-order valence-corrected chi connectivity index (χ3v) is 4.94. The molecule has 0 spiro atoms. The van der Waals surface area contributed by atoms with Crippen LogP contribution in [0.5, 0.6) is 0 Å². The molecule has 134 valence electrons. The lowest BCUT2D eigenvalue weighted by Crippen LogP contribution is -1.92. The number of rotatable bonds is 3. The molecule has 2 aromatic carbocycles. The Morgan fingerprint density at radius 2 is 1.59 bits per heavy atom. The molecule has 1 N–H and O–H groups in total. The molecule has 2 aromatic heterocycles. The van der Waals surface area contributed by atoms with E-state index in [1.54, 1.807) is 6.20 Å². The number of pyridine rings is 1. The summed E-state index contributed by atoms with van der Waals surface area (Å²) in [4.78, 5) is 12.8. The van der Waals surface area contributed by atoms with Crippen LogP contribution in [-0.4, -0.2) is 15.0 Å². The number of hydrogen-bond donors (Lipinski definition) is 1. The highest BCUT2D eigenvalue weighted by molar-refractivity contribution is 6.30. The SMILES string of the molecule is Cc1cc(C)c(-c2nc(-c3cccnc3)c(-c3ccc(Cl)cc3)[nH]2)c(C)c1. The Morgan fingerprint density at radius 1 is 0.889 bits per heavy atom. The van der Waals surface area contributed by atoms with Crippen LogP contribution >= 0.6 is 11.6 Å². The van der Waals surface area contributed by atoms with Crippen LogP contribution in [0, 0.1) is 20.8 Å². The Labute approximate surface area is 164 Å². The van der Waals surface area contributed by atoms with E-state index in [1.807, 2.05) is 42.6 Å². The van der Waals surface area contributed by atoms with Gasteiger partial charge in [0.2, 0.25) is 0 Å². The van der Waals surface area contributed by atoms with Crippen LogP contribution in [0.1, 0.15) is 16.7 Å². The fourth-order valence-electron chi connectivity index (χ4n) is 3.58. The average Bonchev–Trinajstić information content (AvgIpc) is 3.07. The van der Waals surface area contributed by atoms with Crippen molar-refractivity contribution >= 4 is 11.6 Å². The zero-order chi connectivity index (χ0) is 19.0. The third kappa shape index (κ3) is 3.38. The minimum Gasteiger partial charge on any atom is -0.337 e. The van der Waals surface area contributed by atoms with Crippen LogP contribution in [0.2, 0.25) is 5.02 Å². The first kappa shape index (κ1) is 17.5. The van der Waals surface area contributed by atoms with Crippen molar-refractivity contribution in [3.05, 3.63) is 82.6 Å². The van der Waals surface area contributed by atoms with Gasteiger partial charge in [-0.2, -0.15) is 0 Å². The zero-order valence-corrected chi connectivity index (χ0v) is 16.3. The number of aromatic nitrogens is 3. The van der Waals surface area contributed by atoms with E-state index in [-0.39, 0.29) is 0 Å². The van der Waals surface area contributed by atoms with Crippen LogP contribution in [0.15, 0.2) is 60.9 Å². The number of nitrogens with one attached hydrogen (secondary N) is 1. The number of aryl methyl sites for hydroxylation is 3. The second-order valence-electron chi connectivity index (χ2n) is 6.83. The molecule has 4 rings (SSSR count). The molecule has 0 saturated carbocycles. The van der Waals surface area contributed by atoms with Gasteiger partial charge in [-0.3, -0.25) is 4.98 Å². The summed E-state index contributed by atoms with van der Waals surface area (Å²) in [7, 11) is 0. The molecule has 0 bridgehead atoms. The largest absolute Gasteiger partial charge is 0.337 e. The number of aromatic amines is 1. The Kier molecular flexibility index (Phi) is 4.54. The molecule has 0 amide bonds. The summed E-state index contributed by atoms with van der Waals surface area (Å²) in [5.41, 5.74) is 8.69. The summed E-state index contributed by atoms with van der Waals surface area (Å²) in [5.74, 6) is 0.869. The van der Waals surface area contributed by atoms with E-state index in [1.165, 1.54) is 16.7 Å². The molecule has 0 aliphatic carbocycles. The number of imidazole rings is 1. The maximum Gasteiger partial charge on any atom is 0.139 e. The maximum atomic E-state index is 6.08.